The molecule has 0 bridgehead atoms. The molecule has 0 aromatic heterocycles. The van der Waals surface area contributed by atoms with Crippen LogP contribution >= 0.6 is 31.9 Å². The predicted molar refractivity (Wildman–Crippen MR) is 118 cm³/mol. The van der Waals surface area contributed by atoms with Gasteiger partial charge in [0, 0.05) is 26.9 Å². The quantitative estimate of drug-likeness (QED) is 0.205. The normalized spacial score (nSPS) is 50.7. The summed E-state index contributed by atoms with van der Waals surface area (Å²) >= 11 is 7.64. The third-order valence-corrected chi connectivity index (χ3v) is 13.3. The van der Waals surface area contributed by atoms with Gasteiger partial charge in [0.2, 0.25) is 0 Å². The van der Waals surface area contributed by atoms with Crippen molar-refractivity contribution in [2.45, 2.75) is 99.2 Å². The molecule has 32 heavy (non-hydrogen) atoms. The van der Waals surface area contributed by atoms with E-state index in [-0.39, 0.29) is 40.2 Å². The topological polar surface area (TPSA) is 43.4 Å². The maximum atomic E-state index is 16.9. The van der Waals surface area contributed by atoms with Gasteiger partial charge in [0.05, 0.1) is 0 Å². The maximum absolute atomic E-state index is 16.9. The molecule has 0 saturated heterocycles. The number of esters is 1. The fourth-order valence-corrected chi connectivity index (χ4v) is 10.2. The van der Waals surface area contributed by atoms with E-state index in [4.69, 9.17) is 4.74 Å². The van der Waals surface area contributed by atoms with Crippen molar-refractivity contribution in [3.63, 3.8) is 0 Å². The highest BCUT2D eigenvalue weighted by molar-refractivity contribution is 9.12. The Morgan fingerprint density at radius 1 is 1.00 bits per heavy atom. The summed E-state index contributed by atoms with van der Waals surface area (Å²) in [6, 6.07) is 0. The summed E-state index contributed by atoms with van der Waals surface area (Å²) in [5, 5.41) is 0. The molecule has 0 aromatic rings. The zero-order chi connectivity index (χ0) is 23.9. The van der Waals surface area contributed by atoms with Gasteiger partial charge in [0.25, 0.3) is 0 Å². The first-order chi connectivity index (χ1) is 14.6. The minimum Gasteiger partial charge on any atom is -0.456 e. The van der Waals surface area contributed by atoms with Crippen molar-refractivity contribution in [2.24, 2.45) is 28.6 Å². The Morgan fingerprint density at radius 3 is 2.22 bits per heavy atom. The summed E-state index contributed by atoms with van der Waals surface area (Å²) in [5.74, 6) is -2.54. The smallest absolute Gasteiger partial charge is 0.456 e. The third kappa shape index (κ3) is 3.29. The van der Waals surface area contributed by atoms with Crippen LogP contribution < -0.4 is 0 Å². The van der Waals surface area contributed by atoms with Gasteiger partial charge in [0.15, 0.2) is 0 Å². The first kappa shape index (κ1) is 24.9. The number of fused-ring (bicyclic) bond motifs is 5. The Bertz CT molecular complexity index is 822. The van der Waals surface area contributed by atoms with Gasteiger partial charge in [-0.3, -0.25) is 4.79 Å². The highest BCUT2D eigenvalue weighted by Gasteiger charge is 2.72. The summed E-state index contributed by atoms with van der Waals surface area (Å²) in [6.45, 7) is 5.62. The van der Waals surface area contributed by atoms with Gasteiger partial charge in [-0.05, 0) is 69.1 Å². The average molecular weight is 590 g/mol. The lowest BCUT2D eigenvalue weighted by Gasteiger charge is -2.66. The second kappa shape index (κ2) is 7.66. The van der Waals surface area contributed by atoms with E-state index in [1.165, 1.54) is 0 Å². The second-order valence-corrected chi connectivity index (χ2v) is 13.5. The van der Waals surface area contributed by atoms with Gasteiger partial charge >= 0.3 is 12.1 Å². The first-order valence-electron chi connectivity index (χ1n) is 11.4. The summed E-state index contributed by atoms with van der Waals surface area (Å²) in [7, 11) is 0. The zero-order valence-corrected chi connectivity index (χ0v) is 21.7. The lowest BCUT2D eigenvalue weighted by molar-refractivity contribution is -0.210. The van der Waals surface area contributed by atoms with E-state index in [2.05, 4.69) is 38.8 Å². The molecule has 0 N–H and O–H groups in total. The monoisotopic (exact) mass is 588 g/mol. The third-order valence-electron chi connectivity index (χ3n) is 9.79. The molecule has 4 aliphatic carbocycles. The lowest BCUT2D eigenvalue weighted by atomic mass is 9.43. The molecule has 0 heterocycles. The predicted octanol–water partition coefficient (Wildman–Crippen LogP) is 6.69. The molecule has 0 aromatic carbocycles. The Kier molecular flexibility index (Phi) is 5.97. The molecule has 0 spiro atoms. The summed E-state index contributed by atoms with van der Waals surface area (Å²) in [5.41, 5.74) is -2.48. The molecule has 182 valence electrons. The van der Waals surface area contributed by atoms with Crippen LogP contribution in [0.15, 0.2) is 0 Å². The number of rotatable bonds is 2. The molecule has 9 heteroatoms. The number of ketones is 1. The molecule has 4 rings (SSSR count). The van der Waals surface area contributed by atoms with E-state index in [0.29, 0.717) is 38.5 Å². The highest BCUT2D eigenvalue weighted by Crippen LogP contribution is 2.73. The Morgan fingerprint density at radius 2 is 1.62 bits per heavy atom. The fraction of sp³-hybridized carbons (Fsp3) is 0.913. The van der Waals surface area contributed by atoms with Gasteiger partial charge in [-0.15, -0.1) is 0 Å². The zero-order valence-electron chi connectivity index (χ0n) is 18.5. The number of alkyl halides is 6. The van der Waals surface area contributed by atoms with Gasteiger partial charge in [-0.2, -0.15) is 13.2 Å². The minimum absolute atomic E-state index is 0.0405. The van der Waals surface area contributed by atoms with E-state index in [0.717, 1.165) is 6.42 Å². The van der Waals surface area contributed by atoms with Crippen LogP contribution in [0.25, 0.3) is 0 Å². The number of halogens is 6. The largest absolute Gasteiger partial charge is 0.490 e. The molecular formula is C23H30Br2F4O3. The van der Waals surface area contributed by atoms with E-state index in [1.807, 2.05) is 6.92 Å². The van der Waals surface area contributed by atoms with Crippen LogP contribution in [0.2, 0.25) is 0 Å². The number of Topliss-reactive ketones (excluding diaryl/α,β-unsaturated/α-hetero) is 1. The minimum atomic E-state index is -5.02. The van der Waals surface area contributed by atoms with Crippen molar-refractivity contribution < 1.29 is 31.9 Å². The highest BCUT2D eigenvalue weighted by atomic mass is 79.9. The lowest BCUT2D eigenvalue weighted by Crippen LogP contribution is -2.68. The molecule has 0 unspecified atom stereocenters. The van der Waals surface area contributed by atoms with Crippen LogP contribution in [-0.4, -0.2) is 38.9 Å². The summed E-state index contributed by atoms with van der Waals surface area (Å²) in [6.07, 6.45) is -1.85. The average Bonchev–Trinajstić information content (AvgIpc) is 2.95. The van der Waals surface area contributed by atoms with Gasteiger partial charge in [0.1, 0.15) is 17.6 Å². The van der Waals surface area contributed by atoms with Crippen LogP contribution in [-0.2, 0) is 14.3 Å². The molecule has 4 saturated carbocycles. The molecule has 4 aliphatic rings. The van der Waals surface area contributed by atoms with Crippen molar-refractivity contribution in [3.8, 4) is 0 Å². The van der Waals surface area contributed by atoms with Crippen molar-refractivity contribution in [1.82, 2.24) is 0 Å². The van der Waals surface area contributed by atoms with E-state index < -0.39 is 33.7 Å². The van der Waals surface area contributed by atoms with E-state index in [1.54, 1.807) is 6.92 Å². The standard InChI is InChI=1S/C23H30Br2F4O3/c1-12(30)14-6-9-22(26)16-10-17(24)21(25)11-13(32-18(31)23(27,28)29)4-7-19(21,2)15(16)5-8-20(14,22)3/h13-17H,4-11H2,1-3H3/t13-,14+,15-,16+,17+,19+,20+,21-,22+/m0/s1. The fourth-order valence-electron chi connectivity index (χ4n) is 8.02. The van der Waals surface area contributed by atoms with Crippen molar-refractivity contribution in [2.75, 3.05) is 0 Å². The Balaban J connectivity index is 1.63. The maximum Gasteiger partial charge on any atom is 0.490 e. The number of carbonyl (C=O) groups excluding carboxylic acids is 2. The SMILES string of the molecule is CC(=O)[C@H]1CC[C@@]2(F)[C@@H]3C[C@@H](Br)[C@@]4(Br)C[C@@H](OC(=O)C(F)(F)F)CC[C@]4(C)[C@H]3CC[C@]12C. The molecule has 0 radical (unpaired) electrons. The van der Waals surface area contributed by atoms with E-state index in [9.17, 15) is 22.8 Å². The Labute approximate surface area is 203 Å². The van der Waals surface area contributed by atoms with Gasteiger partial charge < -0.3 is 4.74 Å². The van der Waals surface area contributed by atoms with Crippen molar-refractivity contribution in [1.29, 1.82) is 0 Å². The summed E-state index contributed by atoms with van der Waals surface area (Å²) < 4.78 is 59.3. The number of ether oxygens (including phenoxy) is 1. The van der Waals surface area contributed by atoms with E-state index >= 15 is 4.39 Å². The number of hydrogen-bond donors (Lipinski definition) is 0. The number of hydrogen-bond acceptors (Lipinski definition) is 3. The summed E-state index contributed by atoms with van der Waals surface area (Å²) in [4.78, 5) is 23.5. The van der Waals surface area contributed by atoms with Crippen LogP contribution in [0.4, 0.5) is 17.6 Å². The van der Waals surface area contributed by atoms with Gasteiger partial charge in [-0.1, -0.05) is 45.7 Å². The Hall–Kier alpha value is -0.180. The van der Waals surface area contributed by atoms with Crippen LogP contribution in [0.1, 0.15) is 72.1 Å². The molecule has 4 fully saturated rings. The number of carbonyl (C=O) groups is 2. The second-order valence-electron chi connectivity index (χ2n) is 11.0. The van der Waals surface area contributed by atoms with Crippen LogP contribution in [0, 0.1) is 28.6 Å². The molecule has 0 amide bonds. The molecular weight excluding hydrogens is 560 g/mol. The van der Waals surface area contributed by atoms with Crippen LogP contribution in [0.3, 0.4) is 0 Å². The van der Waals surface area contributed by atoms with Crippen molar-refractivity contribution >= 4 is 43.6 Å². The molecule has 0 aliphatic heterocycles. The van der Waals surface area contributed by atoms with Gasteiger partial charge in [-0.25, -0.2) is 9.18 Å². The van der Waals surface area contributed by atoms with Crippen LogP contribution in [0.5, 0.6) is 0 Å². The van der Waals surface area contributed by atoms with Crippen molar-refractivity contribution in [3.05, 3.63) is 0 Å². The first-order valence-corrected chi connectivity index (χ1v) is 13.1. The molecule has 9 atom stereocenters. The molecule has 3 nitrogen and oxygen atoms in total.